The number of aliphatic hydroxyl groups is 1. The zero-order chi connectivity index (χ0) is 12.3. The van der Waals surface area contributed by atoms with Gasteiger partial charge >= 0.3 is 0 Å². The molecule has 0 radical (unpaired) electrons. The van der Waals surface area contributed by atoms with E-state index in [1.165, 1.54) is 19.3 Å². The number of hydrogen-bond donors (Lipinski definition) is 2. The first-order chi connectivity index (χ1) is 8.15. The zero-order valence-corrected chi connectivity index (χ0v) is 11.8. The Labute approximate surface area is 111 Å². The Bertz CT molecular complexity index is 389. The number of anilines is 1. The average molecular weight is 299 g/mol. The van der Waals surface area contributed by atoms with Crippen molar-refractivity contribution in [1.82, 2.24) is 4.98 Å². The first-order valence-electron chi connectivity index (χ1n) is 6.17. The summed E-state index contributed by atoms with van der Waals surface area (Å²) in [6.45, 7) is 2.16. The van der Waals surface area contributed by atoms with Crippen molar-refractivity contribution in [2.45, 2.75) is 44.6 Å². The predicted octanol–water partition coefficient (Wildman–Crippen LogP) is 3.26. The van der Waals surface area contributed by atoms with Crippen molar-refractivity contribution in [3.63, 3.8) is 0 Å². The van der Waals surface area contributed by atoms with Gasteiger partial charge in [0.15, 0.2) is 0 Å². The van der Waals surface area contributed by atoms with E-state index in [0.29, 0.717) is 0 Å². The van der Waals surface area contributed by atoms with E-state index in [2.05, 4.69) is 26.2 Å². The number of aliphatic hydroxyl groups excluding tert-OH is 1. The molecule has 1 heterocycles. The third-order valence-corrected chi connectivity index (χ3v) is 4.37. The molecular weight excluding hydrogens is 280 g/mol. The lowest BCUT2D eigenvalue weighted by Crippen LogP contribution is -2.44. The molecule has 0 saturated heterocycles. The van der Waals surface area contributed by atoms with Crippen LogP contribution in [0.5, 0.6) is 0 Å². The summed E-state index contributed by atoms with van der Waals surface area (Å²) in [5, 5.41) is 13.1. The number of aromatic nitrogens is 1. The second-order valence-corrected chi connectivity index (χ2v) is 5.74. The molecule has 94 valence electrons. The van der Waals surface area contributed by atoms with Gasteiger partial charge in [-0.1, -0.05) is 19.3 Å². The Hall–Kier alpha value is -0.610. The Morgan fingerprint density at radius 2 is 2.06 bits per heavy atom. The van der Waals surface area contributed by atoms with E-state index >= 15 is 0 Å². The molecule has 0 atom stereocenters. The highest BCUT2D eigenvalue weighted by molar-refractivity contribution is 9.10. The van der Waals surface area contributed by atoms with Crippen LogP contribution in [0.4, 0.5) is 5.82 Å². The average Bonchev–Trinajstić information content (AvgIpc) is 2.35. The smallest absolute Gasteiger partial charge is 0.126 e. The van der Waals surface area contributed by atoms with Crippen LogP contribution in [0.3, 0.4) is 0 Å². The molecule has 17 heavy (non-hydrogen) atoms. The molecule has 2 rings (SSSR count). The summed E-state index contributed by atoms with van der Waals surface area (Å²) >= 11 is 3.45. The minimum atomic E-state index is -0.161. The SMILES string of the molecule is Cc1nc(NC2(CO)CCCCC2)ccc1Br. The molecule has 0 aliphatic heterocycles. The van der Waals surface area contributed by atoms with Gasteiger partial charge in [-0.3, -0.25) is 0 Å². The summed E-state index contributed by atoms with van der Waals surface area (Å²) < 4.78 is 1.02. The summed E-state index contributed by atoms with van der Waals surface area (Å²) in [7, 11) is 0. The first-order valence-corrected chi connectivity index (χ1v) is 6.97. The highest BCUT2D eigenvalue weighted by Gasteiger charge is 2.31. The van der Waals surface area contributed by atoms with E-state index in [0.717, 1.165) is 28.8 Å². The monoisotopic (exact) mass is 298 g/mol. The molecule has 1 fully saturated rings. The zero-order valence-electron chi connectivity index (χ0n) is 10.2. The molecule has 1 saturated carbocycles. The van der Waals surface area contributed by atoms with E-state index in [1.54, 1.807) is 0 Å². The second kappa shape index (κ2) is 5.36. The molecule has 1 aliphatic rings. The first kappa shape index (κ1) is 12.8. The summed E-state index contributed by atoms with van der Waals surface area (Å²) in [6, 6.07) is 3.96. The molecule has 0 bridgehead atoms. The molecule has 0 unspecified atom stereocenters. The fourth-order valence-corrected chi connectivity index (χ4v) is 2.66. The van der Waals surface area contributed by atoms with Crippen LogP contribution in [0.25, 0.3) is 0 Å². The van der Waals surface area contributed by atoms with Gasteiger partial charge in [0.25, 0.3) is 0 Å². The molecule has 1 aromatic heterocycles. The van der Waals surface area contributed by atoms with E-state index in [9.17, 15) is 5.11 Å². The number of halogens is 1. The largest absolute Gasteiger partial charge is 0.394 e. The Kier molecular flexibility index (Phi) is 4.05. The van der Waals surface area contributed by atoms with Crippen molar-refractivity contribution in [3.05, 3.63) is 22.3 Å². The Balaban J connectivity index is 2.14. The normalized spacial score (nSPS) is 19.0. The third-order valence-electron chi connectivity index (χ3n) is 3.53. The molecule has 1 aliphatic carbocycles. The second-order valence-electron chi connectivity index (χ2n) is 4.89. The van der Waals surface area contributed by atoms with E-state index < -0.39 is 0 Å². The van der Waals surface area contributed by atoms with Crippen LogP contribution < -0.4 is 5.32 Å². The summed E-state index contributed by atoms with van der Waals surface area (Å²) in [4.78, 5) is 4.49. The van der Waals surface area contributed by atoms with Gasteiger partial charge in [-0.05, 0) is 47.8 Å². The molecule has 0 amide bonds. The lowest BCUT2D eigenvalue weighted by Gasteiger charge is -2.37. The van der Waals surface area contributed by atoms with E-state index in [-0.39, 0.29) is 12.1 Å². The van der Waals surface area contributed by atoms with Gasteiger partial charge in [0.05, 0.1) is 17.8 Å². The molecular formula is C13H19BrN2O. The minimum Gasteiger partial charge on any atom is -0.394 e. The Morgan fingerprint density at radius 1 is 1.35 bits per heavy atom. The van der Waals surface area contributed by atoms with Gasteiger partial charge < -0.3 is 10.4 Å². The minimum absolute atomic E-state index is 0.161. The topological polar surface area (TPSA) is 45.2 Å². The quantitative estimate of drug-likeness (QED) is 0.900. The molecule has 0 spiro atoms. The lowest BCUT2D eigenvalue weighted by molar-refractivity contribution is 0.172. The summed E-state index contributed by atoms with van der Waals surface area (Å²) in [6.07, 6.45) is 5.70. The van der Waals surface area contributed by atoms with Crippen LogP contribution in [-0.4, -0.2) is 22.2 Å². The van der Waals surface area contributed by atoms with Crippen LogP contribution in [0, 0.1) is 6.92 Å². The highest BCUT2D eigenvalue weighted by atomic mass is 79.9. The number of nitrogens with one attached hydrogen (secondary N) is 1. The lowest BCUT2D eigenvalue weighted by atomic mass is 9.82. The summed E-state index contributed by atoms with van der Waals surface area (Å²) in [5.74, 6) is 0.863. The Morgan fingerprint density at radius 3 is 2.65 bits per heavy atom. The number of aryl methyl sites for hydroxylation is 1. The molecule has 2 N–H and O–H groups in total. The number of rotatable bonds is 3. The van der Waals surface area contributed by atoms with Crippen molar-refractivity contribution in [1.29, 1.82) is 0 Å². The molecule has 3 nitrogen and oxygen atoms in total. The molecule has 1 aromatic rings. The maximum Gasteiger partial charge on any atom is 0.126 e. The van der Waals surface area contributed by atoms with Gasteiger partial charge in [-0.25, -0.2) is 4.98 Å². The van der Waals surface area contributed by atoms with Crippen molar-refractivity contribution in [2.24, 2.45) is 0 Å². The third kappa shape index (κ3) is 2.99. The van der Waals surface area contributed by atoms with E-state index in [4.69, 9.17) is 0 Å². The van der Waals surface area contributed by atoms with Gasteiger partial charge in [0.2, 0.25) is 0 Å². The van der Waals surface area contributed by atoms with Crippen molar-refractivity contribution in [2.75, 3.05) is 11.9 Å². The van der Waals surface area contributed by atoms with Gasteiger partial charge in [0, 0.05) is 4.47 Å². The van der Waals surface area contributed by atoms with Crippen LogP contribution in [0.2, 0.25) is 0 Å². The van der Waals surface area contributed by atoms with Gasteiger partial charge in [-0.15, -0.1) is 0 Å². The van der Waals surface area contributed by atoms with Crippen LogP contribution in [0.1, 0.15) is 37.8 Å². The number of hydrogen-bond acceptors (Lipinski definition) is 3. The van der Waals surface area contributed by atoms with Crippen molar-refractivity contribution >= 4 is 21.7 Å². The van der Waals surface area contributed by atoms with Crippen LogP contribution >= 0.6 is 15.9 Å². The highest BCUT2D eigenvalue weighted by Crippen LogP contribution is 2.31. The van der Waals surface area contributed by atoms with Crippen LogP contribution in [-0.2, 0) is 0 Å². The van der Waals surface area contributed by atoms with Gasteiger partial charge in [0.1, 0.15) is 5.82 Å². The fraction of sp³-hybridized carbons (Fsp3) is 0.615. The van der Waals surface area contributed by atoms with Crippen molar-refractivity contribution < 1.29 is 5.11 Å². The maximum absolute atomic E-state index is 9.63. The van der Waals surface area contributed by atoms with E-state index in [1.807, 2.05) is 19.1 Å². The summed E-state index contributed by atoms with van der Waals surface area (Å²) in [5.41, 5.74) is 0.810. The van der Waals surface area contributed by atoms with Crippen LogP contribution in [0.15, 0.2) is 16.6 Å². The molecule has 4 heteroatoms. The van der Waals surface area contributed by atoms with Crippen molar-refractivity contribution in [3.8, 4) is 0 Å². The number of pyridine rings is 1. The number of nitrogens with zero attached hydrogens (tertiary/aromatic N) is 1. The fourth-order valence-electron chi connectivity index (χ4n) is 2.44. The predicted molar refractivity (Wildman–Crippen MR) is 73.2 cm³/mol. The van der Waals surface area contributed by atoms with Gasteiger partial charge in [-0.2, -0.15) is 0 Å². The maximum atomic E-state index is 9.63. The molecule has 0 aromatic carbocycles. The standard InChI is InChI=1S/C13H19BrN2O/c1-10-11(14)5-6-12(15-10)16-13(9-17)7-3-2-4-8-13/h5-6,17H,2-4,7-9H2,1H3,(H,15,16).